The Balaban J connectivity index is 1.99. The van der Waals surface area contributed by atoms with Gasteiger partial charge in [-0.25, -0.2) is 0 Å². The SMILES string of the molecule is [c]1cc(-c2cccnc2)cc2oc3ccccc3c12. The monoisotopic (exact) mass is 244 g/mol. The summed E-state index contributed by atoms with van der Waals surface area (Å²) >= 11 is 0. The first-order valence-electron chi connectivity index (χ1n) is 6.15. The Hall–Kier alpha value is -2.61. The number of rotatable bonds is 1. The molecule has 4 rings (SSSR count). The highest BCUT2D eigenvalue weighted by Crippen LogP contribution is 2.31. The van der Waals surface area contributed by atoms with Crippen LogP contribution in [0.5, 0.6) is 0 Å². The molecular weight excluding hydrogens is 234 g/mol. The Kier molecular flexibility index (Phi) is 2.15. The van der Waals surface area contributed by atoms with Gasteiger partial charge in [0.05, 0.1) is 0 Å². The highest BCUT2D eigenvalue weighted by Gasteiger charge is 2.07. The predicted molar refractivity (Wildman–Crippen MR) is 75.8 cm³/mol. The molecule has 89 valence electrons. The number of nitrogens with zero attached hydrogens (tertiary/aromatic N) is 1. The number of pyridine rings is 1. The molecule has 1 radical (unpaired) electrons. The number of hydrogen-bond acceptors (Lipinski definition) is 2. The standard InChI is InChI=1S/C17H10NO/c1-2-6-16-14(5-1)15-8-7-12(10-17(15)19-16)13-4-3-9-18-11-13/h1-7,9-11H. The first-order chi connectivity index (χ1) is 9.42. The number of benzene rings is 2. The number of para-hydroxylation sites is 1. The van der Waals surface area contributed by atoms with Crippen molar-refractivity contribution in [2.45, 2.75) is 0 Å². The molecule has 0 bridgehead atoms. The molecule has 4 aromatic rings. The lowest BCUT2D eigenvalue weighted by Crippen LogP contribution is -1.78. The van der Waals surface area contributed by atoms with Crippen LogP contribution in [0.4, 0.5) is 0 Å². The molecule has 0 spiro atoms. The van der Waals surface area contributed by atoms with Gasteiger partial charge in [0, 0.05) is 28.7 Å². The molecule has 0 atom stereocenters. The zero-order chi connectivity index (χ0) is 12.7. The third-order valence-electron chi connectivity index (χ3n) is 3.28. The van der Waals surface area contributed by atoms with Crippen LogP contribution in [-0.4, -0.2) is 4.98 Å². The fraction of sp³-hybridized carbons (Fsp3) is 0. The van der Waals surface area contributed by atoms with E-state index in [0.29, 0.717) is 0 Å². The van der Waals surface area contributed by atoms with E-state index in [1.54, 1.807) is 6.20 Å². The first kappa shape index (κ1) is 10.3. The van der Waals surface area contributed by atoms with Crippen molar-refractivity contribution in [3.05, 3.63) is 67.0 Å². The molecule has 0 aliphatic carbocycles. The predicted octanol–water partition coefficient (Wildman–Crippen LogP) is 4.45. The van der Waals surface area contributed by atoms with Crippen molar-refractivity contribution in [3.8, 4) is 11.1 Å². The van der Waals surface area contributed by atoms with Gasteiger partial charge in [-0.1, -0.05) is 24.3 Å². The molecule has 0 saturated heterocycles. The van der Waals surface area contributed by atoms with Gasteiger partial charge in [0.1, 0.15) is 11.2 Å². The van der Waals surface area contributed by atoms with Gasteiger partial charge in [0.2, 0.25) is 0 Å². The molecule has 0 unspecified atom stereocenters. The number of aromatic nitrogens is 1. The zero-order valence-electron chi connectivity index (χ0n) is 10.1. The highest BCUT2D eigenvalue weighted by atomic mass is 16.3. The normalized spacial score (nSPS) is 11.2. The fourth-order valence-corrected chi connectivity index (χ4v) is 2.35. The molecule has 0 saturated carbocycles. The van der Waals surface area contributed by atoms with Crippen molar-refractivity contribution in [3.63, 3.8) is 0 Å². The topological polar surface area (TPSA) is 26.0 Å². The largest absolute Gasteiger partial charge is 0.456 e. The molecule has 2 heterocycles. The summed E-state index contributed by atoms with van der Waals surface area (Å²) in [5.41, 5.74) is 3.90. The molecule has 19 heavy (non-hydrogen) atoms. The summed E-state index contributed by atoms with van der Waals surface area (Å²) < 4.78 is 5.86. The van der Waals surface area contributed by atoms with E-state index in [4.69, 9.17) is 4.42 Å². The molecule has 0 fully saturated rings. The molecule has 2 nitrogen and oxygen atoms in total. The lowest BCUT2D eigenvalue weighted by molar-refractivity contribution is 0.669. The van der Waals surface area contributed by atoms with Crippen molar-refractivity contribution in [1.29, 1.82) is 0 Å². The summed E-state index contributed by atoms with van der Waals surface area (Å²) in [5, 5.41) is 2.14. The van der Waals surface area contributed by atoms with E-state index in [2.05, 4.69) is 17.1 Å². The third-order valence-corrected chi connectivity index (χ3v) is 3.28. The van der Waals surface area contributed by atoms with Gasteiger partial charge in [0.25, 0.3) is 0 Å². The number of hydrogen-bond donors (Lipinski definition) is 0. The van der Waals surface area contributed by atoms with E-state index in [-0.39, 0.29) is 0 Å². The van der Waals surface area contributed by atoms with Crippen LogP contribution >= 0.6 is 0 Å². The van der Waals surface area contributed by atoms with Gasteiger partial charge in [-0.2, -0.15) is 0 Å². The minimum atomic E-state index is 0.863. The highest BCUT2D eigenvalue weighted by molar-refractivity contribution is 6.05. The van der Waals surface area contributed by atoms with Crippen LogP contribution in [0.1, 0.15) is 0 Å². The Bertz CT molecular complexity index is 862. The van der Waals surface area contributed by atoms with Crippen molar-refractivity contribution < 1.29 is 4.42 Å². The van der Waals surface area contributed by atoms with Gasteiger partial charge in [0.15, 0.2) is 0 Å². The van der Waals surface area contributed by atoms with E-state index in [1.807, 2.05) is 48.7 Å². The van der Waals surface area contributed by atoms with Crippen molar-refractivity contribution >= 4 is 21.9 Å². The molecule has 2 aromatic carbocycles. The van der Waals surface area contributed by atoms with E-state index in [1.165, 1.54) is 0 Å². The third kappa shape index (κ3) is 1.61. The lowest BCUT2D eigenvalue weighted by Gasteiger charge is -1.99. The van der Waals surface area contributed by atoms with Crippen LogP contribution in [0, 0.1) is 6.07 Å². The van der Waals surface area contributed by atoms with E-state index in [0.717, 1.165) is 33.1 Å². The van der Waals surface area contributed by atoms with Crippen molar-refractivity contribution in [2.75, 3.05) is 0 Å². The Morgan fingerprint density at radius 1 is 0.947 bits per heavy atom. The quantitative estimate of drug-likeness (QED) is 0.494. The maximum Gasteiger partial charge on any atom is 0.136 e. The maximum absolute atomic E-state index is 5.86. The smallest absolute Gasteiger partial charge is 0.136 e. The summed E-state index contributed by atoms with van der Waals surface area (Å²) in [6, 6.07) is 19.3. The van der Waals surface area contributed by atoms with E-state index < -0.39 is 0 Å². The fourth-order valence-electron chi connectivity index (χ4n) is 2.35. The van der Waals surface area contributed by atoms with Crippen LogP contribution in [0.15, 0.2) is 65.3 Å². The second kappa shape index (κ2) is 3.95. The second-order valence-electron chi connectivity index (χ2n) is 4.47. The molecule has 0 N–H and O–H groups in total. The van der Waals surface area contributed by atoms with Gasteiger partial charge in [-0.3, -0.25) is 4.98 Å². The van der Waals surface area contributed by atoms with Crippen LogP contribution in [-0.2, 0) is 0 Å². The van der Waals surface area contributed by atoms with Crippen molar-refractivity contribution in [1.82, 2.24) is 4.98 Å². The maximum atomic E-state index is 5.86. The Morgan fingerprint density at radius 3 is 2.79 bits per heavy atom. The lowest BCUT2D eigenvalue weighted by atomic mass is 10.1. The van der Waals surface area contributed by atoms with E-state index >= 15 is 0 Å². The molecule has 2 aromatic heterocycles. The zero-order valence-corrected chi connectivity index (χ0v) is 10.1. The number of furan rings is 1. The average molecular weight is 244 g/mol. The molecule has 0 aliphatic rings. The summed E-state index contributed by atoms with van der Waals surface area (Å²) in [6.45, 7) is 0. The molecule has 0 aliphatic heterocycles. The molecule has 2 heteroatoms. The van der Waals surface area contributed by atoms with Crippen molar-refractivity contribution in [2.24, 2.45) is 0 Å². The van der Waals surface area contributed by atoms with Crippen LogP contribution in [0.25, 0.3) is 33.1 Å². The summed E-state index contributed by atoms with van der Waals surface area (Å²) in [4.78, 5) is 4.14. The van der Waals surface area contributed by atoms with Crippen LogP contribution in [0.2, 0.25) is 0 Å². The minimum absolute atomic E-state index is 0.863. The van der Waals surface area contributed by atoms with Gasteiger partial charge in [-0.05, 0) is 35.9 Å². The Labute approximate surface area is 110 Å². The summed E-state index contributed by atoms with van der Waals surface area (Å²) in [6.07, 6.45) is 3.62. The van der Waals surface area contributed by atoms with E-state index in [9.17, 15) is 0 Å². The Morgan fingerprint density at radius 2 is 1.89 bits per heavy atom. The van der Waals surface area contributed by atoms with Gasteiger partial charge >= 0.3 is 0 Å². The van der Waals surface area contributed by atoms with Gasteiger partial charge < -0.3 is 4.42 Å². The summed E-state index contributed by atoms with van der Waals surface area (Å²) in [5.74, 6) is 0. The summed E-state index contributed by atoms with van der Waals surface area (Å²) in [7, 11) is 0. The molecular formula is C17H10NO. The minimum Gasteiger partial charge on any atom is -0.456 e. The first-order valence-corrected chi connectivity index (χ1v) is 6.15. The second-order valence-corrected chi connectivity index (χ2v) is 4.47. The average Bonchev–Trinajstić information content (AvgIpc) is 2.86. The number of fused-ring (bicyclic) bond motifs is 3. The molecule has 0 amide bonds. The van der Waals surface area contributed by atoms with Gasteiger partial charge in [-0.15, -0.1) is 0 Å². The van der Waals surface area contributed by atoms with Crippen LogP contribution in [0.3, 0.4) is 0 Å². The van der Waals surface area contributed by atoms with Crippen LogP contribution < -0.4 is 0 Å².